The van der Waals surface area contributed by atoms with E-state index in [4.69, 9.17) is 5.11 Å². The summed E-state index contributed by atoms with van der Waals surface area (Å²) >= 11 is 0. The molecule has 3 heteroatoms. The van der Waals surface area contributed by atoms with E-state index in [1.54, 1.807) is 0 Å². The topological polar surface area (TPSA) is 49.3 Å². The summed E-state index contributed by atoms with van der Waals surface area (Å²) in [5.41, 5.74) is -0.483. The largest absolute Gasteiger partial charge is 0.394 e. The van der Waals surface area contributed by atoms with Crippen LogP contribution in [0.2, 0.25) is 0 Å². The molecule has 0 aromatic carbocycles. The van der Waals surface area contributed by atoms with Crippen molar-refractivity contribution in [2.75, 3.05) is 6.61 Å². The first kappa shape index (κ1) is 12.5. The van der Waals surface area contributed by atoms with Gasteiger partial charge in [-0.2, -0.15) is 0 Å². The summed E-state index contributed by atoms with van der Waals surface area (Å²) in [5.74, 6) is 0.286. The van der Waals surface area contributed by atoms with Gasteiger partial charge in [0.2, 0.25) is 5.91 Å². The predicted octanol–water partition coefficient (Wildman–Crippen LogP) is 1.84. The molecule has 3 nitrogen and oxygen atoms in total. The van der Waals surface area contributed by atoms with Crippen LogP contribution in [-0.4, -0.2) is 23.2 Å². The number of rotatable bonds is 3. The van der Waals surface area contributed by atoms with E-state index in [0.29, 0.717) is 0 Å². The smallest absolute Gasteiger partial charge is 0.223 e. The summed E-state index contributed by atoms with van der Waals surface area (Å²) in [6.07, 6.45) is 6.86. The Morgan fingerprint density at radius 1 is 1.27 bits per heavy atom. The highest BCUT2D eigenvalue weighted by molar-refractivity contribution is 5.79. The van der Waals surface area contributed by atoms with Gasteiger partial charge < -0.3 is 10.4 Å². The Morgan fingerprint density at radius 3 is 2.27 bits per heavy atom. The van der Waals surface area contributed by atoms with E-state index in [9.17, 15) is 4.79 Å². The first-order valence-electron chi connectivity index (χ1n) is 5.98. The van der Waals surface area contributed by atoms with Crippen LogP contribution in [-0.2, 0) is 4.79 Å². The Kier molecular flexibility index (Phi) is 4.58. The molecule has 1 amide bonds. The second-order valence-corrected chi connectivity index (χ2v) is 5.22. The fourth-order valence-corrected chi connectivity index (χ4v) is 2.02. The summed E-state index contributed by atoms with van der Waals surface area (Å²) in [5, 5.41) is 12.0. The standard InChI is InChI=1S/C12H23NO2/c1-12(2,9-14)13-11(15)10-7-5-3-4-6-8-10/h10,14H,3-9H2,1-2H3,(H,13,15). The lowest BCUT2D eigenvalue weighted by atomic mass is 9.97. The van der Waals surface area contributed by atoms with Gasteiger partial charge in [-0.3, -0.25) is 4.79 Å². The van der Waals surface area contributed by atoms with E-state index in [1.165, 1.54) is 12.8 Å². The normalized spacial score (nSPS) is 19.7. The maximum atomic E-state index is 11.9. The van der Waals surface area contributed by atoms with Crippen molar-refractivity contribution in [3.8, 4) is 0 Å². The van der Waals surface area contributed by atoms with Gasteiger partial charge in [0.25, 0.3) is 0 Å². The molecule has 0 heterocycles. The molecule has 15 heavy (non-hydrogen) atoms. The molecule has 0 aliphatic heterocycles. The van der Waals surface area contributed by atoms with Crippen molar-refractivity contribution in [1.29, 1.82) is 0 Å². The van der Waals surface area contributed by atoms with E-state index < -0.39 is 5.54 Å². The van der Waals surface area contributed by atoms with Crippen LogP contribution in [0.4, 0.5) is 0 Å². The average molecular weight is 213 g/mol. The lowest BCUT2D eigenvalue weighted by Gasteiger charge is -2.26. The molecular formula is C12H23NO2. The van der Waals surface area contributed by atoms with Crippen LogP contribution in [0.1, 0.15) is 52.4 Å². The monoisotopic (exact) mass is 213 g/mol. The molecule has 1 saturated carbocycles. The van der Waals surface area contributed by atoms with Gasteiger partial charge in [0, 0.05) is 5.92 Å². The Balaban J connectivity index is 2.44. The third-order valence-electron chi connectivity index (χ3n) is 3.08. The van der Waals surface area contributed by atoms with E-state index in [1.807, 2.05) is 13.8 Å². The lowest BCUT2D eigenvalue weighted by molar-refractivity contribution is -0.127. The molecule has 0 aromatic rings. The highest BCUT2D eigenvalue weighted by Gasteiger charge is 2.25. The van der Waals surface area contributed by atoms with E-state index in [0.717, 1.165) is 25.7 Å². The first-order chi connectivity index (χ1) is 7.05. The minimum absolute atomic E-state index is 0.00847. The number of carbonyl (C=O) groups is 1. The van der Waals surface area contributed by atoms with Crippen LogP contribution in [0.5, 0.6) is 0 Å². The van der Waals surface area contributed by atoms with Crippen molar-refractivity contribution in [2.24, 2.45) is 5.92 Å². The number of carbonyl (C=O) groups excluding carboxylic acids is 1. The van der Waals surface area contributed by atoms with Gasteiger partial charge in [0.15, 0.2) is 0 Å². The minimum atomic E-state index is -0.483. The van der Waals surface area contributed by atoms with Crippen LogP contribution in [0, 0.1) is 5.92 Å². The molecule has 0 atom stereocenters. The highest BCUT2D eigenvalue weighted by atomic mass is 16.3. The van der Waals surface area contributed by atoms with Crippen LogP contribution >= 0.6 is 0 Å². The Bertz CT molecular complexity index is 206. The van der Waals surface area contributed by atoms with Crippen molar-refractivity contribution in [1.82, 2.24) is 5.32 Å². The maximum Gasteiger partial charge on any atom is 0.223 e. The molecule has 0 saturated heterocycles. The quantitative estimate of drug-likeness (QED) is 0.703. The van der Waals surface area contributed by atoms with Crippen molar-refractivity contribution < 1.29 is 9.90 Å². The molecule has 0 spiro atoms. The van der Waals surface area contributed by atoms with Gasteiger partial charge in [-0.05, 0) is 26.7 Å². The van der Waals surface area contributed by atoms with Crippen molar-refractivity contribution in [2.45, 2.75) is 57.9 Å². The van der Waals surface area contributed by atoms with Crippen LogP contribution in [0.3, 0.4) is 0 Å². The number of aliphatic hydroxyl groups excluding tert-OH is 1. The highest BCUT2D eigenvalue weighted by Crippen LogP contribution is 2.23. The second-order valence-electron chi connectivity index (χ2n) is 5.22. The molecule has 0 radical (unpaired) electrons. The molecule has 0 aromatic heterocycles. The van der Waals surface area contributed by atoms with Crippen LogP contribution < -0.4 is 5.32 Å². The van der Waals surface area contributed by atoms with E-state index in [2.05, 4.69) is 5.32 Å². The number of hydrogen-bond acceptors (Lipinski definition) is 2. The molecule has 2 N–H and O–H groups in total. The third kappa shape index (κ3) is 4.20. The zero-order valence-corrected chi connectivity index (χ0v) is 9.88. The zero-order valence-electron chi connectivity index (χ0n) is 9.88. The minimum Gasteiger partial charge on any atom is -0.394 e. The third-order valence-corrected chi connectivity index (χ3v) is 3.08. The molecule has 88 valence electrons. The van der Waals surface area contributed by atoms with Crippen molar-refractivity contribution >= 4 is 5.91 Å². The molecule has 0 unspecified atom stereocenters. The van der Waals surface area contributed by atoms with Gasteiger partial charge in [-0.25, -0.2) is 0 Å². The summed E-state index contributed by atoms with van der Waals surface area (Å²) in [6, 6.07) is 0. The molecule has 0 bridgehead atoms. The Hall–Kier alpha value is -0.570. The van der Waals surface area contributed by atoms with Crippen molar-refractivity contribution in [3.05, 3.63) is 0 Å². The van der Waals surface area contributed by atoms with E-state index in [-0.39, 0.29) is 18.4 Å². The van der Waals surface area contributed by atoms with Crippen LogP contribution in [0.25, 0.3) is 0 Å². The molecule has 1 rings (SSSR count). The number of hydrogen-bond donors (Lipinski definition) is 2. The lowest BCUT2D eigenvalue weighted by Crippen LogP contribution is -2.48. The second kappa shape index (κ2) is 5.50. The number of aliphatic hydroxyl groups is 1. The summed E-state index contributed by atoms with van der Waals surface area (Å²) in [7, 11) is 0. The van der Waals surface area contributed by atoms with Gasteiger partial charge in [0.1, 0.15) is 0 Å². The predicted molar refractivity (Wildman–Crippen MR) is 60.5 cm³/mol. The Morgan fingerprint density at radius 2 is 1.80 bits per heavy atom. The van der Waals surface area contributed by atoms with Gasteiger partial charge in [-0.1, -0.05) is 25.7 Å². The van der Waals surface area contributed by atoms with Gasteiger partial charge in [0.05, 0.1) is 12.1 Å². The number of nitrogens with one attached hydrogen (secondary N) is 1. The molecular weight excluding hydrogens is 190 g/mol. The fourth-order valence-electron chi connectivity index (χ4n) is 2.02. The first-order valence-corrected chi connectivity index (χ1v) is 5.98. The van der Waals surface area contributed by atoms with Gasteiger partial charge >= 0.3 is 0 Å². The molecule has 1 aliphatic carbocycles. The summed E-state index contributed by atoms with van der Waals surface area (Å²) < 4.78 is 0. The number of amides is 1. The fraction of sp³-hybridized carbons (Fsp3) is 0.917. The maximum absolute atomic E-state index is 11.9. The summed E-state index contributed by atoms with van der Waals surface area (Å²) in [4.78, 5) is 11.9. The summed E-state index contributed by atoms with van der Waals surface area (Å²) in [6.45, 7) is 3.69. The SMILES string of the molecule is CC(C)(CO)NC(=O)C1CCCCCC1. The van der Waals surface area contributed by atoms with E-state index >= 15 is 0 Å². The zero-order chi connectivity index (χ0) is 11.3. The van der Waals surface area contributed by atoms with Gasteiger partial charge in [-0.15, -0.1) is 0 Å². The molecule has 1 fully saturated rings. The Labute approximate surface area is 92.3 Å². The van der Waals surface area contributed by atoms with Crippen molar-refractivity contribution in [3.63, 3.8) is 0 Å². The average Bonchev–Trinajstić information content (AvgIpc) is 2.45. The van der Waals surface area contributed by atoms with Crippen LogP contribution in [0.15, 0.2) is 0 Å². The molecule has 1 aliphatic rings.